The van der Waals surface area contributed by atoms with Crippen molar-refractivity contribution in [2.24, 2.45) is 0 Å². The molecule has 2 aliphatic rings. The average Bonchev–Trinajstić information content (AvgIpc) is 2.53. The molecule has 3 N–H and O–H groups in total. The third kappa shape index (κ3) is 2.66. The van der Waals surface area contributed by atoms with Gasteiger partial charge in [0.1, 0.15) is 6.04 Å². The van der Waals surface area contributed by atoms with Gasteiger partial charge >= 0.3 is 5.97 Å². The summed E-state index contributed by atoms with van der Waals surface area (Å²) in [6.45, 7) is 1.08. The van der Waals surface area contributed by atoms with Crippen LogP contribution in [0.2, 0.25) is 0 Å². The minimum atomic E-state index is -1.06. The summed E-state index contributed by atoms with van der Waals surface area (Å²) in [6, 6.07) is 4.61. The maximum absolute atomic E-state index is 12.8. The number of carboxylic acid groups (broad SMARTS) is 1. The number of fused-ring (bicyclic) bond motifs is 1. The third-order valence-corrected chi connectivity index (χ3v) is 4.43. The number of likely N-dealkylation sites (tertiary alicyclic amines) is 1. The molecule has 118 valence electrons. The number of aliphatic hydroxyl groups is 1. The highest BCUT2D eigenvalue weighted by molar-refractivity contribution is 6.02. The molecule has 0 aromatic heterocycles. The Bertz CT molecular complexity index is 602. The van der Waals surface area contributed by atoms with Crippen molar-refractivity contribution >= 4 is 17.6 Å². The van der Waals surface area contributed by atoms with Gasteiger partial charge in [-0.05, 0) is 30.9 Å². The lowest BCUT2D eigenvalue weighted by molar-refractivity contribution is -0.145. The Morgan fingerprint density at radius 2 is 2.14 bits per heavy atom. The predicted molar refractivity (Wildman–Crippen MR) is 81.0 cm³/mol. The van der Waals surface area contributed by atoms with Crippen LogP contribution in [0.3, 0.4) is 0 Å². The molecule has 6 nitrogen and oxygen atoms in total. The van der Waals surface area contributed by atoms with Crippen LogP contribution in [0.25, 0.3) is 0 Å². The summed E-state index contributed by atoms with van der Waals surface area (Å²) in [4.78, 5) is 25.6. The largest absolute Gasteiger partial charge is 0.480 e. The number of aliphatic carboxylic acids is 1. The van der Waals surface area contributed by atoms with E-state index >= 15 is 0 Å². The molecule has 6 heteroatoms. The van der Waals surface area contributed by atoms with Gasteiger partial charge in [0.25, 0.3) is 5.91 Å². The molecule has 1 fully saturated rings. The van der Waals surface area contributed by atoms with Crippen LogP contribution >= 0.6 is 0 Å². The lowest BCUT2D eigenvalue weighted by atomic mass is 9.95. The number of para-hydroxylation sites is 1. The smallest absolute Gasteiger partial charge is 0.326 e. The Labute approximate surface area is 128 Å². The number of carbonyl (C=O) groups excluding carboxylic acids is 1. The molecule has 1 aromatic carbocycles. The highest BCUT2D eigenvalue weighted by atomic mass is 16.4. The van der Waals surface area contributed by atoms with Crippen LogP contribution in [0.5, 0.6) is 0 Å². The van der Waals surface area contributed by atoms with Crippen LogP contribution in [0, 0.1) is 0 Å². The number of nitrogens with one attached hydrogen (secondary N) is 1. The first-order valence-corrected chi connectivity index (χ1v) is 7.65. The van der Waals surface area contributed by atoms with Crippen molar-refractivity contribution in [1.29, 1.82) is 0 Å². The number of hydrogen-bond acceptors (Lipinski definition) is 4. The Morgan fingerprint density at radius 3 is 2.91 bits per heavy atom. The van der Waals surface area contributed by atoms with E-state index in [-0.39, 0.29) is 18.9 Å². The van der Waals surface area contributed by atoms with Crippen LogP contribution in [-0.2, 0) is 11.2 Å². The van der Waals surface area contributed by atoms with E-state index in [1.165, 1.54) is 4.90 Å². The SMILES string of the molecule is O=C(O)[C@H]1C[C@@H](O)CCN1C(=O)c1cccc2c1NCCC2. The minimum absolute atomic E-state index is 0.0868. The van der Waals surface area contributed by atoms with E-state index in [0.717, 1.165) is 30.6 Å². The number of benzene rings is 1. The van der Waals surface area contributed by atoms with Gasteiger partial charge in [0.15, 0.2) is 0 Å². The second kappa shape index (κ2) is 5.96. The number of aliphatic hydroxyl groups excluding tert-OH is 1. The van der Waals surface area contributed by atoms with E-state index in [4.69, 9.17) is 0 Å². The van der Waals surface area contributed by atoms with E-state index in [1.54, 1.807) is 6.07 Å². The van der Waals surface area contributed by atoms with Crippen molar-refractivity contribution in [1.82, 2.24) is 4.90 Å². The Balaban J connectivity index is 1.91. The van der Waals surface area contributed by atoms with Crippen molar-refractivity contribution in [3.63, 3.8) is 0 Å². The number of anilines is 1. The predicted octanol–water partition coefficient (Wildman–Crippen LogP) is 1.09. The normalized spacial score (nSPS) is 24.3. The molecule has 0 spiro atoms. The summed E-state index contributed by atoms with van der Waals surface area (Å²) in [5, 5.41) is 22.3. The fourth-order valence-electron chi connectivity index (χ4n) is 3.27. The molecule has 0 bridgehead atoms. The fraction of sp³-hybridized carbons (Fsp3) is 0.500. The molecule has 2 aliphatic heterocycles. The first-order chi connectivity index (χ1) is 10.6. The number of carbonyl (C=O) groups is 2. The lowest BCUT2D eigenvalue weighted by Crippen LogP contribution is -2.51. The lowest BCUT2D eigenvalue weighted by Gasteiger charge is -2.36. The van der Waals surface area contributed by atoms with Crippen molar-refractivity contribution in [3.8, 4) is 0 Å². The Morgan fingerprint density at radius 1 is 1.32 bits per heavy atom. The number of nitrogens with zero attached hydrogens (tertiary/aromatic N) is 1. The van der Waals surface area contributed by atoms with Crippen molar-refractivity contribution in [2.45, 2.75) is 37.8 Å². The maximum Gasteiger partial charge on any atom is 0.326 e. The highest BCUT2D eigenvalue weighted by Crippen LogP contribution is 2.29. The van der Waals surface area contributed by atoms with Crippen LogP contribution in [0.15, 0.2) is 18.2 Å². The molecule has 1 saturated heterocycles. The molecular weight excluding hydrogens is 284 g/mol. The molecule has 0 aliphatic carbocycles. The number of rotatable bonds is 2. The number of piperidine rings is 1. The monoisotopic (exact) mass is 304 g/mol. The van der Waals surface area contributed by atoms with Gasteiger partial charge in [-0.3, -0.25) is 4.79 Å². The van der Waals surface area contributed by atoms with Gasteiger partial charge in [-0.2, -0.15) is 0 Å². The van der Waals surface area contributed by atoms with E-state index in [2.05, 4.69) is 5.32 Å². The zero-order chi connectivity index (χ0) is 15.7. The third-order valence-electron chi connectivity index (χ3n) is 4.43. The van der Waals surface area contributed by atoms with Crippen molar-refractivity contribution in [2.75, 3.05) is 18.4 Å². The molecule has 1 aromatic rings. The quantitative estimate of drug-likeness (QED) is 0.761. The van der Waals surface area contributed by atoms with Crippen molar-refractivity contribution in [3.05, 3.63) is 29.3 Å². The molecule has 2 atom stereocenters. The Hall–Kier alpha value is -2.08. The van der Waals surface area contributed by atoms with Gasteiger partial charge in [-0.15, -0.1) is 0 Å². The first kappa shape index (κ1) is 14.8. The van der Waals surface area contributed by atoms with Gasteiger partial charge in [0.05, 0.1) is 17.4 Å². The second-order valence-electron chi connectivity index (χ2n) is 5.90. The topological polar surface area (TPSA) is 89.9 Å². The van der Waals surface area contributed by atoms with Crippen LogP contribution in [0.4, 0.5) is 5.69 Å². The zero-order valence-electron chi connectivity index (χ0n) is 12.3. The van der Waals surface area contributed by atoms with Crippen molar-refractivity contribution < 1.29 is 19.8 Å². The second-order valence-corrected chi connectivity index (χ2v) is 5.90. The molecule has 3 rings (SSSR count). The fourth-order valence-corrected chi connectivity index (χ4v) is 3.27. The number of aryl methyl sites for hydroxylation is 1. The highest BCUT2D eigenvalue weighted by Gasteiger charge is 2.36. The van der Waals surface area contributed by atoms with Crippen LogP contribution in [0.1, 0.15) is 35.2 Å². The summed E-state index contributed by atoms with van der Waals surface area (Å²) < 4.78 is 0. The number of amides is 1. The molecule has 1 amide bonds. The molecule has 0 radical (unpaired) electrons. The van der Waals surface area contributed by atoms with Crippen LogP contribution in [-0.4, -0.2) is 52.2 Å². The average molecular weight is 304 g/mol. The maximum atomic E-state index is 12.8. The van der Waals surface area contributed by atoms with E-state index in [9.17, 15) is 19.8 Å². The first-order valence-electron chi connectivity index (χ1n) is 7.65. The summed E-state index contributed by atoms with van der Waals surface area (Å²) >= 11 is 0. The van der Waals surface area contributed by atoms with Gasteiger partial charge in [0, 0.05) is 19.5 Å². The molecule has 0 unspecified atom stereocenters. The molecular formula is C16H20N2O4. The van der Waals surface area contributed by atoms with Gasteiger partial charge in [-0.25, -0.2) is 4.79 Å². The summed E-state index contributed by atoms with van der Waals surface area (Å²) in [6.07, 6.45) is 1.79. The zero-order valence-corrected chi connectivity index (χ0v) is 12.3. The summed E-state index contributed by atoms with van der Waals surface area (Å²) in [7, 11) is 0. The summed E-state index contributed by atoms with van der Waals surface area (Å²) in [5.41, 5.74) is 2.45. The van der Waals surface area contributed by atoms with E-state index < -0.39 is 18.1 Å². The Kier molecular flexibility index (Phi) is 4.02. The molecule has 0 saturated carbocycles. The minimum Gasteiger partial charge on any atom is -0.480 e. The molecule has 22 heavy (non-hydrogen) atoms. The molecule has 2 heterocycles. The number of carboxylic acids is 1. The van der Waals surface area contributed by atoms with Crippen LogP contribution < -0.4 is 5.32 Å². The van der Waals surface area contributed by atoms with E-state index in [0.29, 0.717) is 12.0 Å². The summed E-state index contributed by atoms with van der Waals surface area (Å²) in [5.74, 6) is -1.34. The van der Waals surface area contributed by atoms with E-state index in [1.807, 2.05) is 12.1 Å². The standard InChI is InChI=1S/C16H20N2O4/c19-11-6-8-18(13(9-11)16(21)22)15(20)12-5-1-3-10-4-2-7-17-14(10)12/h1,3,5,11,13,17,19H,2,4,6-9H2,(H,21,22)/t11-,13+/m0/s1. The van der Waals surface area contributed by atoms with Gasteiger partial charge < -0.3 is 20.4 Å². The van der Waals surface area contributed by atoms with Gasteiger partial charge in [0.2, 0.25) is 0 Å². The van der Waals surface area contributed by atoms with Gasteiger partial charge in [-0.1, -0.05) is 12.1 Å². The number of hydrogen-bond donors (Lipinski definition) is 3.